The molecule has 3 atom stereocenters. The van der Waals surface area contributed by atoms with Gasteiger partial charge in [0.25, 0.3) is 10.1 Å². The zero-order chi connectivity index (χ0) is 21.4. The average molecular weight is 452 g/mol. The first kappa shape index (κ1) is 22.0. The molecule has 160 valence electrons. The van der Waals surface area contributed by atoms with Crippen molar-refractivity contribution in [1.82, 2.24) is 0 Å². The number of esters is 1. The second-order valence-corrected chi connectivity index (χ2v) is 10.00. The Kier molecular flexibility index (Phi) is 5.94. The lowest BCUT2D eigenvalue weighted by molar-refractivity contribution is -0.139. The van der Waals surface area contributed by atoms with Crippen LogP contribution >= 0.6 is 11.8 Å². The van der Waals surface area contributed by atoms with Crippen LogP contribution in [0.3, 0.4) is 0 Å². The molecule has 0 spiro atoms. The third kappa shape index (κ3) is 4.89. The van der Waals surface area contributed by atoms with E-state index in [4.69, 9.17) is 14.0 Å². The maximum atomic E-state index is 13.5. The minimum atomic E-state index is -4.70. The molecule has 2 aliphatic heterocycles. The number of rotatable bonds is 7. The first-order chi connectivity index (χ1) is 13.4. The highest BCUT2D eigenvalue weighted by molar-refractivity contribution is 8.01. The molecule has 11 heteroatoms. The monoisotopic (exact) mass is 452 g/mol. The van der Waals surface area contributed by atoms with Crippen LogP contribution in [-0.2, 0) is 21.0 Å². The predicted molar refractivity (Wildman–Crippen MR) is 101 cm³/mol. The van der Waals surface area contributed by atoms with Crippen LogP contribution in [-0.4, -0.2) is 47.4 Å². The SMILES string of the molecule is C=CC1(Oc2cc(C(=O)OCCS(=O)(=O)O)ccc2C(F)(F)F)CC2CCC1S2. The highest BCUT2D eigenvalue weighted by Crippen LogP contribution is 2.54. The van der Waals surface area contributed by atoms with Crippen LogP contribution in [0, 0.1) is 0 Å². The van der Waals surface area contributed by atoms with E-state index in [1.165, 1.54) is 6.08 Å². The van der Waals surface area contributed by atoms with Gasteiger partial charge in [-0.2, -0.15) is 33.4 Å². The number of hydrogen-bond donors (Lipinski definition) is 1. The molecule has 2 aliphatic rings. The number of carbonyl (C=O) groups is 1. The molecule has 1 aromatic carbocycles. The van der Waals surface area contributed by atoms with E-state index in [0.29, 0.717) is 11.7 Å². The fraction of sp³-hybridized carbons (Fsp3) is 0.500. The fourth-order valence-electron chi connectivity index (χ4n) is 3.56. The number of carbonyl (C=O) groups excluding carboxylic acids is 1. The van der Waals surface area contributed by atoms with Crippen LogP contribution in [0.25, 0.3) is 0 Å². The highest BCUT2D eigenvalue weighted by atomic mass is 32.2. The van der Waals surface area contributed by atoms with Crippen LogP contribution in [0.1, 0.15) is 35.2 Å². The topological polar surface area (TPSA) is 89.9 Å². The summed E-state index contributed by atoms with van der Waals surface area (Å²) in [7, 11) is -4.33. The second-order valence-electron chi connectivity index (χ2n) is 6.92. The molecule has 2 fully saturated rings. The Bertz CT molecular complexity index is 915. The van der Waals surface area contributed by atoms with Crippen LogP contribution in [0.15, 0.2) is 30.9 Å². The van der Waals surface area contributed by atoms with Gasteiger partial charge >= 0.3 is 12.1 Å². The van der Waals surface area contributed by atoms with Crippen LogP contribution in [0.4, 0.5) is 13.2 Å². The molecule has 3 unspecified atom stereocenters. The Balaban J connectivity index is 1.87. The van der Waals surface area contributed by atoms with Gasteiger partial charge < -0.3 is 9.47 Å². The Morgan fingerprint density at radius 1 is 1.38 bits per heavy atom. The zero-order valence-corrected chi connectivity index (χ0v) is 16.8. The van der Waals surface area contributed by atoms with Gasteiger partial charge in [-0.25, -0.2) is 4.79 Å². The number of fused-ring (bicyclic) bond motifs is 2. The molecule has 0 amide bonds. The smallest absolute Gasteiger partial charge is 0.419 e. The fourth-order valence-corrected chi connectivity index (χ4v) is 5.69. The van der Waals surface area contributed by atoms with E-state index in [0.717, 1.165) is 31.0 Å². The highest BCUT2D eigenvalue weighted by Gasteiger charge is 2.53. The van der Waals surface area contributed by atoms with Gasteiger partial charge in [0.05, 0.1) is 11.1 Å². The summed E-state index contributed by atoms with van der Waals surface area (Å²) < 4.78 is 81.1. The van der Waals surface area contributed by atoms with Gasteiger partial charge in [0, 0.05) is 16.9 Å². The normalized spacial score (nSPS) is 26.3. The molecule has 0 aliphatic carbocycles. The zero-order valence-electron chi connectivity index (χ0n) is 15.1. The lowest BCUT2D eigenvalue weighted by Gasteiger charge is -2.35. The third-order valence-electron chi connectivity index (χ3n) is 4.94. The number of halogens is 3. The quantitative estimate of drug-likeness (QED) is 0.383. The molecule has 2 saturated heterocycles. The van der Waals surface area contributed by atoms with Gasteiger partial charge in [0.15, 0.2) is 0 Å². The first-order valence-corrected chi connectivity index (χ1v) is 11.3. The van der Waals surface area contributed by atoms with Crippen molar-refractivity contribution in [2.24, 2.45) is 0 Å². The minimum absolute atomic E-state index is 0.0172. The summed E-state index contributed by atoms with van der Waals surface area (Å²) in [5, 5.41) is 0.275. The van der Waals surface area contributed by atoms with Gasteiger partial charge in [-0.05, 0) is 37.1 Å². The molecule has 29 heavy (non-hydrogen) atoms. The Hall–Kier alpha value is -1.72. The number of benzene rings is 1. The largest absolute Gasteiger partial charge is 0.481 e. The molecule has 2 heterocycles. The molecule has 3 rings (SSSR count). The lowest BCUT2D eigenvalue weighted by atomic mass is 9.84. The summed E-state index contributed by atoms with van der Waals surface area (Å²) in [5.74, 6) is -2.35. The number of alkyl halides is 3. The van der Waals surface area contributed by atoms with Crippen molar-refractivity contribution in [3.8, 4) is 5.75 Å². The van der Waals surface area contributed by atoms with Crippen molar-refractivity contribution in [2.45, 2.75) is 41.5 Å². The maximum absolute atomic E-state index is 13.5. The lowest BCUT2D eigenvalue weighted by Crippen LogP contribution is -2.43. The molecule has 2 bridgehead atoms. The molecular weight excluding hydrogens is 433 g/mol. The van der Waals surface area contributed by atoms with Gasteiger partial charge in [-0.1, -0.05) is 6.58 Å². The minimum Gasteiger partial charge on any atom is -0.481 e. The summed E-state index contributed by atoms with van der Waals surface area (Å²) >= 11 is 1.67. The summed E-state index contributed by atoms with van der Waals surface area (Å²) in [6.45, 7) is 3.12. The van der Waals surface area contributed by atoms with E-state index in [9.17, 15) is 26.4 Å². The number of hydrogen-bond acceptors (Lipinski definition) is 6. The molecule has 0 saturated carbocycles. The Morgan fingerprint density at radius 2 is 2.10 bits per heavy atom. The molecular formula is C18H19F3O6S2. The Morgan fingerprint density at radius 3 is 2.62 bits per heavy atom. The third-order valence-corrected chi connectivity index (χ3v) is 7.37. The van der Waals surface area contributed by atoms with Gasteiger partial charge in [-0.3, -0.25) is 4.55 Å². The molecule has 0 aromatic heterocycles. The van der Waals surface area contributed by atoms with Crippen LogP contribution in [0.5, 0.6) is 5.75 Å². The van der Waals surface area contributed by atoms with Gasteiger partial charge in [0.2, 0.25) is 0 Å². The molecule has 1 aromatic rings. The first-order valence-electron chi connectivity index (χ1n) is 8.75. The second kappa shape index (κ2) is 7.84. The van der Waals surface area contributed by atoms with E-state index >= 15 is 0 Å². The van der Waals surface area contributed by atoms with E-state index in [2.05, 4.69) is 6.58 Å². The standard InChI is InChI=1S/C18H19F3O6S2/c1-2-17(10-12-4-6-15(17)28-12)27-14-9-11(3-5-13(14)18(19,20)21)16(22)26-7-8-29(23,24)25/h2-3,5,9,12,15H,1,4,6-8,10H2,(H,23,24,25). The van der Waals surface area contributed by atoms with Crippen molar-refractivity contribution >= 4 is 27.8 Å². The van der Waals surface area contributed by atoms with Crippen molar-refractivity contribution in [3.63, 3.8) is 0 Å². The van der Waals surface area contributed by atoms with Crippen LogP contribution in [0.2, 0.25) is 0 Å². The molecule has 1 N–H and O–H groups in total. The Labute approximate surface area is 170 Å². The van der Waals surface area contributed by atoms with Gasteiger partial charge in [-0.15, -0.1) is 0 Å². The summed E-state index contributed by atoms with van der Waals surface area (Å²) in [6.07, 6.45) is -0.857. The average Bonchev–Trinajstić information content (AvgIpc) is 3.21. The van der Waals surface area contributed by atoms with E-state index in [-0.39, 0.29) is 10.8 Å². The van der Waals surface area contributed by atoms with E-state index < -0.39 is 51.5 Å². The maximum Gasteiger partial charge on any atom is 0.419 e. The van der Waals surface area contributed by atoms with E-state index in [1.54, 1.807) is 11.8 Å². The summed E-state index contributed by atoms with van der Waals surface area (Å²) in [4.78, 5) is 12.1. The molecule has 0 radical (unpaired) electrons. The molecule has 6 nitrogen and oxygen atoms in total. The summed E-state index contributed by atoms with van der Waals surface area (Å²) in [6, 6.07) is 2.61. The van der Waals surface area contributed by atoms with E-state index in [1.807, 2.05) is 0 Å². The number of ether oxygens (including phenoxy) is 2. The predicted octanol–water partition coefficient (Wildman–Crippen LogP) is 3.72. The van der Waals surface area contributed by atoms with Crippen molar-refractivity contribution in [3.05, 3.63) is 42.0 Å². The van der Waals surface area contributed by atoms with Crippen molar-refractivity contribution in [2.75, 3.05) is 12.4 Å². The summed E-state index contributed by atoms with van der Waals surface area (Å²) in [5.41, 5.74) is -2.21. The number of thioether (sulfide) groups is 1. The van der Waals surface area contributed by atoms with Gasteiger partial charge in [0.1, 0.15) is 23.7 Å². The van der Waals surface area contributed by atoms with Crippen molar-refractivity contribution < 1.29 is 40.4 Å². The van der Waals surface area contributed by atoms with Crippen molar-refractivity contribution in [1.29, 1.82) is 0 Å². The van der Waals surface area contributed by atoms with Crippen LogP contribution < -0.4 is 4.74 Å².